The Bertz CT molecular complexity index is 987. The molecule has 4 rings (SSSR count). The highest BCUT2D eigenvalue weighted by Crippen LogP contribution is 2.44. The highest BCUT2D eigenvalue weighted by molar-refractivity contribution is 5.80. The van der Waals surface area contributed by atoms with E-state index < -0.39 is 0 Å². The van der Waals surface area contributed by atoms with Crippen LogP contribution in [0.25, 0.3) is 11.0 Å². The fraction of sp³-hybridized carbons (Fsp3) is 0.435. The molecular formula is C23H27FN2O3. The van der Waals surface area contributed by atoms with Crippen molar-refractivity contribution >= 4 is 16.7 Å². The molecule has 1 fully saturated rings. The second kappa shape index (κ2) is 8.31. The molecule has 2 atom stereocenters. The fourth-order valence-corrected chi connectivity index (χ4v) is 4.00. The zero-order valence-corrected chi connectivity index (χ0v) is 17.2. The van der Waals surface area contributed by atoms with Crippen molar-refractivity contribution in [1.29, 1.82) is 0 Å². The van der Waals surface area contributed by atoms with Crippen LogP contribution in [0.3, 0.4) is 0 Å². The maximum Gasteiger partial charge on any atom is 0.184 e. The van der Waals surface area contributed by atoms with Crippen molar-refractivity contribution in [3.63, 3.8) is 0 Å². The summed E-state index contributed by atoms with van der Waals surface area (Å²) in [7, 11) is 1.68. The number of nitrogens with zero attached hydrogens (tertiary/aromatic N) is 2. The number of para-hydroxylation sites is 1. The molecule has 2 unspecified atom stereocenters. The van der Waals surface area contributed by atoms with Gasteiger partial charge in [-0.1, -0.05) is 18.1 Å². The van der Waals surface area contributed by atoms with Crippen LogP contribution >= 0.6 is 0 Å². The number of hydrogen-bond acceptors (Lipinski definition) is 5. The summed E-state index contributed by atoms with van der Waals surface area (Å²) >= 11 is 0. The first kappa shape index (κ1) is 19.6. The average molecular weight is 398 g/mol. The number of aromatic nitrogens is 1. The molecule has 0 saturated carbocycles. The van der Waals surface area contributed by atoms with Crippen LogP contribution in [0.2, 0.25) is 0 Å². The van der Waals surface area contributed by atoms with E-state index in [2.05, 4.69) is 30.0 Å². The number of methoxy groups -OCH3 is 1. The summed E-state index contributed by atoms with van der Waals surface area (Å²) in [6, 6.07) is 10.6. The van der Waals surface area contributed by atoms with Gasteiger partial charge in [0.15, 0.2) is 17.1 Å². The lowest BCUT2D eigenvalue weighted by atomic mass is 9.96. The van der Waals surface area contributed by atoms with Gasteiger partial charge in [-0.2, -0.15) is 0 Å². The van der Waals surface area contributed by atoms with E-state index in [-0.39, 0.29) is 18.0 Å². The first-order valence-electron chi connectivity index (χ1n) is 10.3. The predicted molar refractivity (Wildman–Crippen MR) is 111 cm³/mol. The van der Waals surface area contributed by atoms with Crippen molar-refractivity contribution in [2.75, 3.05) is 18.6 Å². The zero-order valence-electron chi connectivity index (χ0n) is 17.2. The summed E-state index contributed by atoms with van der Waals surface area (Å²) in [4.78, 5) is 2.31. The third kappa shape index (κ3) is 3.76. The smallest absolute Gasteiger partial charge is 0.184 e. The highest BCUT2D eigenvalue weighted by atomic mass is 19.1. The van der Waals surface area contributed by atoms with Gasteiger partial charge in [0, 0.05) is 18.0 Å². The Hall–Kier alpha value is -2.76. The number of benzene rings is 2. The average Bonchev–Trinajstić information content (AvgIpc) is 3.16. The van der Waals surface area contributed by atoms with E-state index in [1.807, 2.05) is 12.1 Å². The van der Waals surface area contributed by atoms with Gasteiger partial charge in [0.2, 0.25) is 0 Å². The number of fused-ring (bicyclic) bond motifs is 1. The Morgan fingerprint density at radius 2 is 2.14 bits per heavy atom. The van der Waals surface area contributed by atoms with Crippen molar-refractivity contribution in [2.24, 2.45) is 0 Å². The van der Waals surface area contributed by atoms with Gasteiger partial charge in [-0.05, 0) is 56.9 Å². The molecule has 0 N–H and O–H groups in total. The number of halogens is 1. The molecule has 1 aromatic heterocycles. The van der Waals surface area contributed by atoms with Gasteiger partial charge in [0.25, 0.3) is 0 Å². The molecule has 1 aliphatic rings. The first-order valence-corrected chi connectivity index (χ1v) is 10.3. The lowest BCUT2D eigenvalue weighted by Crippen LogP contribution is -2.34. The third-order valence-corrected chi connectivity index (χ3v) is 5.66. The molecule has 3 aromatic rings. The summed E-state index contributed by atoms with van der Waals surface area (Å²) in [6.07, 6.45) is 4.15. The topological polar surface area (TPSA) is 47.7 Å². The van der Waals surface area contributed by atoms with Crippen molar-refractivity contribution in [1.82, 2.24) is 5.16 Å². The molecule has 1 aliphatic heterocycles. The molecule has 0 amide bonds. The number of anilines is 1. The minimum atomic E-state index is -0.322. The fourth-order valence-electron chi connectivity index (χ4n) is 4.00. The minimum Gasteiger partial charge on any atom is -0.491 e. The SMILES string of the molecule is CCC(C)Oc1cccc(N2CCCCC2c2noc3cc(F)ccc23)c1OC. The maximum absolute atomic E-state index is 13.6. The molecule has 2 heterocycles. The lowest BCUT2D eigenvalue weighted by Gasteiger charge is -2.37. The van der Waals surface area contributed by atoms with Crippen LogP contribution in [0, 0.1) is 5.82 Å². The molecule has 5 nitrogen and oxygen atoms in total. The maximum atomic E-state index is 13.6. The Balaban J connectivity index is 1.75. The van der Waals surface area contributed by atoms with Crippen LogP contribution in [0.5, 0.6) is 11.5 Å². The molecule has 154 valence electrons. The van der Waals surface area contributed by atoms with Gasteiger partial charge in [-0.15, -0.1) is 0 Å². The van der Waals surface area contributed by atoms with E-state index >= 15 is 0 Å². The Morgan fingerprint density at radius 1 is 1.28 bits per heavy atom. The van der Waals surface area contributed by atoms with Gasteiger partial charge < -0.3 is 18.9 Å². The van der Waals surface area contributed by atoms with Crippen LogP contribution in [-0.4, -0.2) is 24.9 Å². The zero-order chi connectivity index (χ0) is 20.4. The van der Waals surface area contributed by atoms with Gasteiger partial charge in [-0.3, -0.25) is 0 Å². The molecule has 2 aromatic carbocycles. The molecule has 0 spiro atoms. The van der Waals surface area contributed by atoms with E-state index in [0.29, 0.717) is 5.58 Å². The second-order valence-electron chi connectivity index (χ2n) is 7.56. The number of ether oxygens (including phenoxy) is 2. The van der Waals surface area contributed by atoms with Crippen molar-refractivity contribution < 1.29 is 18.4 Å². The summed E-state index contributed by atoms with van der Waals surface area (Å²) in [5.74, 6) is 1.16. The van der Waals surface area contributed by atoms with E-state index in [1.54, 1.807) is 13.2 Å². The highest BCUT2D eigenvalue weighted by Gasteiger charge is 2.31. The quantitative estimate of drug-likeness (QED) is 0.518. The molecular weight excluding hydrogens is 371 g/mol. The van der Waals surface area contributed by atoms with Crippen molar-refractivity contribution in [2.45, 2.75) is 51.7 Å². The Labute approximate surface area is 170 Å². The largest absolute Gasteiger partial charge is 0.491 e. The van der Waals surface area contributed by atoms with Crippen LogP contribution in [-0.2, 0) is 0 Å². The van der Waals surface area contributed by atoms with Crippen LogP contribution < -0.4 is 14.4 Å². The predicted octanol–water partition coefficient (Wildman–Crippen LogP) is 5.88. The van der Waals surface area contributed by atoms with E-state index in [9.17, 15) is 4.39 Å². The van der Waals surface area contributed by atoms with Gasteiger partial charge in [0.1, 0.15) is 11.5 Å². The van der Waals surface area contributed by atoms with Crippen molar-refractivity contribution in [3.05, 3.63) is 47.9 Å². The Kier molecular flexibility index (Phi) is 5.60. The second-order valence-corrected chi connectivity index (χ2v) is 7.56. The first-order chi connectivity index (χ1) is 14.1. The molecule has 29 heavy (non-hydrogen) atoms. The van der Waals surface area contributed by atoms with Crippen LogP contribution in [0.15, 0.2) is 40.9 Å². The van der Waals surface area contributed by atoms with Gasteiger partial charge in [-0.25, -0.2) is 4.39 Å². The molecule has 0 radical (unpaired) electrons. The summed E-state index contributed by atoms with van der Waals surface area (Å²) in [6.45, 7) is 5.03. The lowest BCUT2D eigenvalue weighted by molar-refractivity contribution is 0.207. The van der Waals surface area contributed by atoms with Crippen LogP contribution in [0.4, 0.5) is 10.1 Å². The van der Waals surface area contributed by atoms with E-state index in [0.717, 1.165) is 60.5 Å². The standard InChI is InChI=1S/C23H27FN2O3/c1-4-15(2)28-20-10-7-9-19(23(20)27-3)26-13-6-5-8-18(26)22-17-12-11-16(24)14-21(17)29-25-22/h7,9-12,14-15,18H,4-6,8,13H2,1-3H3. The van der Waals surface area contributed by atoms with Crippen molar-refractivity contribution in [3.8, 4) is 11.5 Å². The third-order valence-electron chi connectivity index (χ3n) is 5.66. The van der Waals surface area contributed by atoms with Crippen LogP contribution in [0.1, 0.15) is 51.3 Å². The molecule has 0 aliphatic carbocycles. The monoisotopic (exact) mass is 398 g/mol. The number of rotatable bonds is 6. The summed E-state index contributed by atoms with van der Waals surface area (Å²) in [5.41, 5.74) is 2.30. The summed E-state index contributed by atoms with van der Waals surface area (Å²) in [5, 5.41) is 5.18. The number of piperidine rings is 1. The van der Waals surface area contributed by atoms with E-state index in [4.69, 9.17) is 14.0 Å². The number of hydrogen-bond donors (Lipinski definition) is 0. The van der Waals surface area contributed by atoms with Gasteiger partial charge in [0.05, 0.1) is 24.9 Å². The molecule has 1 saturated heterocycles. The normalized spacial score (nSPS) is 18.1. The van der Waals surface area contributed by atoms with Gasteiger partial charge >= 0.3 is 0 Å². The van der Waals surface area contributed by atoms with E-state index in [1.165, 1.54) is 12.1 Å². The molecule has 0 bridgehead atoms. The molecule has 6 heteroatoms. The summed E-state index contributed by atoms with van der Waals surface area (Å²) < 4.78 is 30.9. The Morgan fingerprint density at radius 3 is 2.93 bits per heavy atom. The minimum absolute atomic E-state index is 0.0307.